The number of hydrogen-bond donors (Lipinski definition) is 0. The molecule has 2 fully saturated rings. The summed E-state index contributed by atoms with van der Waals surface area (Å²) in [4.78, 5) is 42.2. The Bertz CT molecular complexity index is 778. The first-order valence-electron chi connectivity index (χ1n) is 9.54. The van der Waals surface area contributed by atoms with E-state index in [0.29, 0.717) is 13.0 Å². The van der Waals surface area contributed by atoms with E-state index in [-0.39, 0.29) is 36.6 Å². The normalized spacial score (nSPS) is 26.8. The van der Waals surface area contributed by atoms with E-state index in [2.05, 4.69) is 4.90 Å². The zero-order chi connectivity index (χ0) is 20.5. The monoisotopic (exact) mass is 388 g/mol. The van der Waals surface area contributed by atoms with Crippen molar-refractivity contribution in [2.75, 3.05) is 28.3 Å². The quantitative estimate of drug-likeness (QED) is 0.545. The number of amides is 1. The Morgan fingerprint density at radius 1 is 1.25 bits per heavy atom. The summed E-state index contributed by atoms with van der Waals surface area (Å²) in [5.41, 5.74) is -0.398. The fourth-order valence-corrected chi connectivity index (χ4v) is 4.61. The molecule has 2 heterocycles. The molecular weight excluding hydrogens is 360 g/mol. The number of ether oxygens (including phenoxy) is 2. The molecule has 7 nitrogen and oxygen atoms in total. The average molecular weight is 388 g/mol. The first-order valence-corrected chi connectivity index (χ1v) is 9.54. The van der Waals surface area contributed by atoms with Gasteiger partial charge >= 0.3 is 5.97 Å². The third kappa shape index (κ3) is 3.39. The molecule has 0 aromatic heterocycles. The molecule has 0 N–H and O–H groups in total. The van der Waals surface area contributed by atoms with Crippen LogP contribution < -0.4 is 4.74 Å². The Labute approximate surface area is 165 Å². The molecule has 0 saturated carbocycles. The standard InChI is InChI=1S/C21H28N2O5/c1-22(2)19(25)12-21(20(26)28-4)17-9-8-15(11-18(21)24)23(17)13-14-6-5-7-16(10-14)27-3/h5-7,10,15,17H,8-9,11-13H2,1-4H3. The topological polar surface area (TPSA) is 76.2 Å². The Kier molecular flexibility index (Phi) is 5.74. The molecule has 7 heteroatoms. The van der Waals surface area contributed by atoms with Gasteiger partial charge < -0.3 is 14.4 Å². The van der Waals surface area contributed by atoms with E-state index in [4.69, 9.17) is 9.47 Å². The van der Waals surface area contributed by atoms with Crippen molar-refractivity contribution in [2.45, 2.75) is 44.3 Å². The van der Waals surface area contributed by atoms with E-state index in [1.165, 1.54) is 12.0 Å². The fourth-order valence-electron chi connectivity index (χ4n) is 4.61. The zero-order valence-electron chi connectivity index (χ0n) is 16.9. The summed E-state index contributed by atoms with van der Waals surface area (Å²) >= 11 is 0. The second-order valence-corrected chi connectivity index (χ2v) is 7.83. The summed E-state index contributed by atoms with van der Waals surface area (Å²) in [6.45, 7) is 0.592. The van der Waals surface area contributed by atoms with Crippen LogP contribution in [-0.4, -0.2) is 67.9 Å². The van der Waals surface area contributed by atoms with Crippen LogP contribution in [0.25, 0.3) is 0 Å². The van der Waals surface area contributed by atoms with Crippen molar-refractivity contribution in [1.82, 2.24) is 9.80 Å². The highest BCUT2D eigenvalue weighted by atomic mass is 16.5. The van der Waals surface area contributed by atoms with Gasteiger partial charge in [-0.25, -0.2) is 0 Å². The predicted molar refractivity (Wildman–Crippen MR) is 103 cm³/mol. The van der Waals surface area contributed by atoms with Crippen LogP contribution in [0.4, 0.5) is 0 Å². The molecule has 152 valence electrons. The summed E-state index contributed by atoms with van der Waals surface area (Å²) in [6, 6.07) is 7.50. The van der Waals surface area contributed by atoms with Crippen LogP contribution >= 0.6 is 0 Å². The molecule has 0 spiro atoms. The molecule has 0 aliphatic carbocycles. The number of carbonyl (C=O) groups is 3. The molecule has 1 amide bonds. The Balaban J connectivity index is 1.96. The maximum Gasteiger partial charge on any atom is 0.321 e. The van der Waals surface area contributed by atoms with Gasteiger partial charge in [0.2, 0.25) is 5.91 Å². The van der Waals surface area contributed by atoms with Crippen LogP contribution in [0.5, 0.6) is 5.75 Å². The van der Waals surface area contributed by atoms with Gasteiger partial charge in [-0.1, -0.05) is 12.1 Å². The van der Waals surface area contributed by atoms with Crippen molar-refractivity contribution in [3.05, 3.63) is 29.8 Å². The molecule has 3 rings (SSSR count). The molecule has 3 unspecified atom stereocenters. The molecule has 0 radical (unpaired) electrons. The minimum absolute atomic E-state index is 0.0796. The van der Waals surface area contributed by atoms with Crippen molar-refractivity contribution in [2.24, 2.45) is 5.41 Å². The van der Waals surface area contributed by atoms with Crippen LogP contribution in [0.3, 0.4) is 0 Å². The van der Waals surface area contributed by atoms with E-state index in [9.17, 15) is 14.4 Å². The number of methoxy groups -OCH3 is 2. The lowest BCUT2D eigenvalue weighted by molar-refractivity contribution is -0.170. The summed E-state index contributed by atoms with van der Waals surface area (Å²) in [7, 11) is 6.17. The van der Waals surface area contributed by atoms with Gasteiger partial charge in [0.05, 0.1) is 20.6 Å². The first kappa shape index (κ1) is 20.3. The summed E-state index contributed by atoms with van der Waals surface area (Å²) in [5, 5.41) is 0. The highest BCUT2D eigenvalue weighted by molar-refractivity contribution is 6.08. The summed E-state index contributed by atoms with van der Waals surface area (Å²) < 4.78 is 10.4. The lowest BCUT2D eigenvalue weighted by atomic mass is 9.69. The third-order valence-electron chi connectivity index (χ3n) is 6.11. The van der Waals surface area contributed by atoms with E-state index in [1.54, 1.807) is 21.2 Å². The minimum Gasteiger partial charge on any atom is -0.497 e. The van der Waals surface area contributed by atoms with Gasteiger partial charge in [-0.2, -0.15) is 0 Å². The number of piperidine rings is 1. The van der Waals surface area contributed by atoms with Crippen molar-refractivity contribution >= 4 is 17.7 Å². The Morgan fingerprint density at radius 2 is 2.00 bits per heavy atom. The van der Waals surface area contributed by atoms with Crippen molar-refractivity contribution in [3.63, 3.8) is 0 Å². The van der Waals surface area contributed by atoms with Crippen molar-refractivity contribution in [3.8, 4) is 5.75 Å². The van der Waals surface area contributed by atoms with Crippen LogP contribution in [0.2, 0.25) is 0 Å². The zero-order valence-corrected chi connectivity index (χ0v) is 16.9. The maximum atomic E-state index is 13.1. The molecule has 1 aromatic carbocycles. The Morgan fingerprint density at radius 3 is 2.64 bits per heavy atom. The molecule has 1 aromatic rings. The molecule has 3 atom stereocenters. The third-order valence-corrected chi connectivity index (χ3v) is 6.11. The van der Waals surface area contributed by atoms with Gasteiger partial charge in [-0.05, 0) is 30.5 Å². The second-order valence-electron chi connectivity index (χ2n) is 7.83. The van der Waals surface area contributed by atoms with Gasteiger partial charge in [0.15, 0.2) is 11.2 Å². The predicted octanol–water partition coefficient (Wildman–Crippen LogP) is 1.64. The number of carbonyl (C=O) groups excluding carboxylic acids is 3. The van der Waals surface area contributed by atoms with Crippen LogP contribution in [0.15, 0.2) is 24.3 Å². The molecular formula is C21H28N2O5. The molecule has 2 aliphatic rings. The molecule has 28 heavy (non-hydrogen) atoms. The number of ketones is 1. The van der Waals surface area contributed by atoms with Crippen LogP contribution in [-0.2, 0) is 25.7 Å². The highest BCUT2D eigenvalue weighted by Crippen LogP contribution is 2.48. The number of fused-ring (bicyclic) bond motifs is 2. The number of esters is 1. The van der Waals surface area contributed by atoms with Crippen LogP contribution in [0, 0.1) is 5.41 Å². The highest BCUT2D eigenvalue weighted by Gasteiger charge is 2.62. The van der Waals surface area contributed by atoms with Crippen molar-refractivity contribution < 1.29 is 23.9 Å². The van der Waals surface area contributed by atoms with Gasteiger partial charge in [-0.15, -0.1) is 0 Å². The summed E-state index contributed by atoms with van der Waals surface area (Å²) in [6.07, 6.45) is 1.62. The Hall–Kier alpha value is -2.41. The summed E-state index contributed by atoms with van der Waals surface area (Å²) in [5.74, 6) is -0.261. The van der Waals surface area contributed by atoms with E-state index >= 15 is 0 Å². The van der Waals surface area contributed by atoms with E-state index in [0.717, 1.165) is 17.7 Å². The van der Waals surface area contributed by atoms with Crippen molar-refractivity contribution in [1.29, 1.82) is 0 Å². The van der Waals surface area contributed by atoms with Crippen LogP contribution in [0.1, 0.15) is 31.2 Å². The lowest BCUT2D eigenvalue weighted by Gasteiger charge is -2.45. The number of hydrogen-bond acceptors (Lipinski definition) is 6. The maximum absolute atomic E-state index is 13.1. The molecule has 2 aliphatic heterocycles. The molecule has 2 saturated heterocycles. The van der Waals surface area contributed by atoms with E-state index < -0.39 is 11.4 Å². The van der Waals surface area contributed by atoms with Gasteiger partial charge in [-0.3, -0.25) is 19.3 Å². The SMILES string of the molecule is COC(=O)C1(CC(=O)N(C)C)C(=O)CC2CCC1N2Cc1cccc(OC)c1. The second kappa shape index (κ2) is 7.91. The smallest absolute Gasteiger partial charge is 0.321 e. The first-order chi connectivity index (χ1) is 13.3. The molecule has 2 bridgehead atoms. The number of Topliss-reactive ketones (excluding diaryl/α,β-unsaturated/α-hetero) is 1. The number of benzene rings is 1. The minimum atomic E-state index is -1.44. The van der Waals surface area contributed by atoms with Gasteiger partial charge in [0.25, 0.3) is 0 Å². The van der Waals surface area contributed by atoms with Gasteiger partial charge in [0, 0.05) is 39.1 Å². The average Bonchev–Trinajstić information content (AvgIpc) is 3.00. The van der Waals surface area contributed by atoms with Gasteiger partial charge in [0.1, 0.15) is 5.75 Å². The number of rotatable bonds is 6. The largest absolute Gasteiger partial charge is 0.497 e. The number of nitrogens with zero attached hydrogens (tertiary/aromatic N) is 2. The fraction of sp³-hybridized carbons (Fsp3) is 0.571. The van der Waals surface area contributed by atoms with E-state index in [1.807, 2.05) is 24.3 Å². The lowest BCUT2D eigenvalue weighted by Crippen LogP contribution is -2.61.